The molecule has 0 saturated carbocycles. The standard InChI is InChI=1S/C16H24N2O2S/c1-11-6-12(2)18(8-11)9-14(19)10-20-15-5-3-4-13(7-15)16(17)21/h3-5,7,11-12,14,19H,6,8-10H2,1-2H3,(H2,17,21). The summed E-state index contributed by atoms with van der Waals surface area (Å²) in [6.07, 6.45) is 0.704. The molecule has 3 N–H and O–H groups in total. The molecule has 1 heterocycles. The van der Waals surface area contributed by atoms with E-state index in [0.29, 0.717) is 29.2 Å². The van der Waals surface area contributed by atoms with Gasteiger partial charge in [0.05, 0.1) is 0 Å². The summed E-state index contributed by atoms with van der Waals surface area (Å²) in [5.41, 5.74) is 6.37. The number of aliphatic hydroxyl groups is 1. The van der Waals surface area contributed by atoms with E-state index in [0.717, 1.165) is 12.1 Å². The smallest absolute Gasteiger partial charge is 0.120 e. The second-order valence-corrected chi connectivity index (χ2v) is 6.44. The maximum absolute atomic E-state index is 10.1. The Labute approximate surface area is 131 Å². The van der Waals surface area contributed by atoms with Crippen LogP contribution in [0.3, 0.4) is 0 Å². The number of nitrogens with zero attached hydrogens (tertiary/aromatic N) is 1. The topological polar surface area (TPSA) is 58.7 Å². The molecule has 3 unspecified atom stereocenters. The van der Waals surface area contributed by atoms with Crippen LogP contribution in [-0.2, 0) is 0 Å². The molecule has 1 fully saturated rings. The highest BCUT2D eigenvalue weighted by atomic mass is 32.1. The van der Waals surface area contributed by atoms with E-state index in [2.05, 4.69) is 18.7 Å². The average molecular weight is 308 g/mol. The SMILES string of the molecule is CC1CC(C)N(CC(O)COc2cccc(C(N)=S)c2)C1. The van der Waals surface area contributed by atoms with E-state index < -0.39 is 6.10 Å². The predicted octanol–water partition coefficient (Wildman–Crippen LogP) is 1.79. The first-order valence-electron chi connectivity index (χ1n) is 7.40. The molecule has 0 amide bonds. The molecule has 21 heavy (non-hydrogen) atoms. The predicted molar refractivity (Wildman–Crippen MR) is 88.6 cm³/mol. The van der Waals surface area contributed by atoms with Gasteiger partial charge in [-0.2, -0.15) is 0 Å². The van der Waals surface area contributed by atoms with Crippen molar-refractivity contribution < 1.29 is 9.84 Å². The van der Waals surface area contributed by atoms with Crippen LogP contribution >= 0.6 is 12.2 Å². The van der Waals surface area contributed by atoms with Crippen LogP contribution in [0.15, 0.2) is 24.3 Å². The number of hydrogen-bond acceptors (Lipinski definition) is 4. The molecule has 0 bridgehead atoms. The van der Waals surface area contributed by atoms with Gasteiger partial charge in [-0.15, -0.1) is 0 Å². The molecule has 1 aliphatic rings. The van der Waals surface area contributed by atoms with Gasteiger partial charge in [-0.05, 0) is 31.4 Å². The number of benzene rings is 1. The first-order chi connectivity index (χ1) is 9.95. The summed E-state index contributed by atoms with van der Waals surface area (Å²) >= 11 is 4.94. The molecule has 1 saturated heterocycles. The minimum Gasteiger partial charge on any atom is -0.491 e. The first-order valence-corrected chi connectivity index (χ1v) is 7.81. The highest BCUT2D eigenvalue weighted by Gasteiger charge is 2.27. The summed E-state index contributed by atoms with van der Waals surface area (Å²) in [5, 5.41) is 10.1. The van der Waals surface area contributed by atoms with Crippen molar-refractivity contribution in [1.29, 1.82) is 0 Å². The Balaban J connectivity index is 1.82. The highest BCUT2D eigenvalue weighted by Crippen LogP contribution is 2.22. The summed E-state index contributed by atoms with van der Waals surface area (Å²) in [5.74, 6) is 1.39. The molecule has 1 aliphatic heterocycles. The van der Waals surface area contributed by atoms with Crippen molar-refractivity contribution >= 4 is 17.2 Å². The van der Waals surface area contributed by atoms with Crippen molar-refractivity contribution in [2.75, 3.05) is 19.7 Å². The van der Waals surface area contributed by atoms with Crippen LogP contribution in [0.2, 0.25) is 0 Å². The number of likely N-dealkylation sites (tertiary alicyclic amines) is 1. The van der Waals surface area contributed by atoms with Crippen molar-refractivity contribution in [3.63, 3.8) is 0 Å². The summed E-state index contributed by atoms with van der Waals surface area (Å²) in [4.78, 5) is 2.67. The zero-order valence-corrected chi connectivity index (χ0v) is 13.5. The molecule has 0 aromatic heterocycles. The first kappa shape index (κ1) is 16.2. The number of rotatable bonds is 6. The van der Waals surface area contributed by atoms with E-state index in [1.54, 1.807) is 6.07 Å². The van der Waals surface area contributed by atoms with Crippen LogP contribution in [0, 0.1) is 5.92 Å². The fraction of sp³-hybridized carbons (Fsp3) is 0.562. The van der Waals surface area contributed by atoms with E-state index in [1.165, 1.54) is 6.42 Å². The lowest BCUT2D eigenvalue weighted by Gasteiger charge is -2.24. The van der Waals surface area contributed by atoms with Crippen molar-refractivity contribution in [1.82, 2.24) is 4.90 Å². The lowest BCUT2D eigenvalue weighted by atomic mass is 10.1. The van der Waals surface area contributed by atoms with E-state index in [9.17, 15) is 5.11 Å². The van der Waals surface area contributed by atoms with Crippen LogP contribution in [0.4, 0.5) is 0 Å². The van der Waals surface area contributed by atoms with Crippen LogP contribution in [0.5, 0.6) is 5.75 Å². The molecule has 0 radical (unpaired) electrons. The molecule has 4 nitrogen and oxygen atoms in total. The fourth-order valence-corrected chi connectivity index (χ4v) is 3.02. The van der Waals surface area contributed by atoms with Gasteiger partial charge in [-0.25, -0.2) is 0 Å². The number of aliphatic hydroxyl groups excluding tert-OH is 1. The third-order valence-corrected chi connectivity index (χ3v) is 4.15. The van der Waals surface area contributed by atoms with Gasteiger partial charge >= 0.3 is 0 Å². The van der Waals surface area contributed by atoms with Crippen LogP contribution in [-0.4, -0.2) is 46.8 Å². The van der Waals surface area contributed by atoms with Crippen molar-refractivity contribution in [3.8, 4) is 5.75 Å². The van der Waals surface area contributed by atoms with Crippen molar-refractivity contribution in [2.24, 2.45) is 11.7 Å². The Kier molecular flexibility index (Phi) is 5.56. The molecule has 2 rings (SSSR count). The molecule has 0 aliphatic carbocycles. The Hall–Kier alpha value is -1.17. The molecule has 116 valence electrons. The summed E-state index contributed by atoms with van der Waals surface area (Å²) in [6.45, 7) is 6.44. The van der Waals surface area contributed by atoms with E-state index in [1.807, 2.05) is 18.2 Å². The molecule has 5 heteroatoms. The van der Waals surface area contributed by atoms with Gasteiger partial charge < -0.3 is 15.6 Å². The summed E-state index contributed by atoms with van der Waals surface area (Å²) in [7, 11) is 0. The monoisotopic (exact) mass is 308 g/mol. The van der Waals surface area contributed by atoms with Crippen LogP contribution < -0.4 is 10.5 Å². The van der Waals surface area contributed by atoms with Crippen LogP contribution in [0.25, 0.3) is 0 Å². The van der Waals surface area contributed by atoms with E-state index in [4.69, 9.17) is 22.7 Å². The van der Waals surface area contributed by atoms with Gasteiger partial charge in [0.25, 0.3) is 0 Å². The Morgan fingerprint density at radius 2 is 2.29 bits per heavy atom. The third-order valence-electron chi connectivity index (χ3n) is 3.92. The Morgan fingerprint density at radius 1 is 1.52 bits per heavy atom. The highest BCUT2D eigenvalue weighted by molar-refractivity contribution is 7.80. The minimum atomic E-state index is -0.494. The lowest BCUT2D eigenvalue weighted by molar-refractivity contribution is 0.0655. The van der Waals surface area contributed by atoms with Crippen LogP contribution in [0.1, 0.15) is 25.8 Å². The maximum Gasteiger partial charge on any atom is 0.120 e. The largest absolute Gasteiger partial charge is 0.491 e. The normalized spacial score (nSPS) is 24.0. The summed E-state index contributed by atoms with van der Waals surface area (Å²) < 4.78 is 5.64. The number of ether oxygens (including phenoxy) is 1. The number of hydrogen-bond donors (Lipinski definition) is 2. The molecular formula is C16H24N2O2S. The molecule has 1 aromatic rings. The second kappa shape index (κ2) is 7.20. The lowest BCUT2D eigenvalue weighted by Crippen LogP contribution is -2.37. The molecule has 0 spiro atoms. The van der Waals surface area contributed by atoms with Gasteiger partial charge in [-0.1, -0.05) is 31.3 Å². The second-order valence-electron chi connectivity index (χ2n) is 6.00. The Bertz CT molecular complexity index is 495. The van der Waals surface area contributed by atoms with E-state index in [-0.39, 0.29) is 6.61 Å². The Morgan fingerprint density at radius 3 is 2.90 bits per heavy atom. The maximum atomic E-state index is 10.1. The fourth-order valence-electron chi connectivity index (χ4n) is 2.90. The van der Waals surface area contributed by atoms with E-state index >= 15 is 0 Å². The third kappa shape index (κ3) is 4.66. The summed E-state index contributed by atoms with van der Waals surface area (Å²) in [6, 6.07) is 7.87. The van der Waals surface area contributed by atoms with Gasteiger partial charge in [0, 0.05) is 24.7 Å². The number of thiocarbonyl (C=S) groups is 1. The van der Waals surface area contributed by atoms with Crippen molar-refractivity contribution in [2.45, 2.75) is 32.4 Å². The van der Waals surface area contributed by atoms with Gasteiger partial charge in [-0.3, -0.25) is 4.90 Å². The van der Waals surface area contributed by atoms with Gasteiger partial charge in [0.1, 0.15) is 23.4 Å². The quantitative estimate of drug-likeness (QED) is 0.785. The molecular weight excluding hydrogens is 284 g/mol. The van der Waals surface area contributed by atoms with Gasteiger partial charge in [0.2, 0.25) is 0 Å². The molecule has 3 atom stereocenters. The number of nitrogens with two attached hydrogens (primary N) is 1. The average Bonchev–Trinajstić information content (AvgIpc) is 2.75. The zero-order chi connectivity index (χ0) is 15.4. The minimum absolute atomic E-state index is 0.276. The zero-order valence-electron chi connectivity index (χ0n) is 12.7. The van der Waals surface area contributed by atoms with Crippen molar-refractivity contribution in [3.05, 3.63) is 29.8 Å². The van der Waals surface area contributed by atoms with Gasteiger partial charge in [0.15, 0.2) is 0 Å². The number of β-amino-alcohol motifs (C(OH)–C–C–N with tert-alkyl or cyclic N) is 1. The molecule has 1 aromatic carbocycles.